The van der Waals surface area contributed by atoms with Crippen LogP contribution in [0.1, 0.15) is 0 Å². The molecule has 0 fully saturated rings. The molecule has 152 valence electrons. The summed E-state index contributed by atoms with van der Waals surface area (Å²) in [4.78, 5) is 9.43. The maximum atomic E-state index is 4.71. The first-order valence-electron chi connectivity index (χ1n) is 10.2. The van der Waals surface area contributed by atoms with Crippen molar-refractivity contribution < 1.29 is 0 Å². The lowest BCUT2D eigenvalue weighted by atomic mass is 10.2. The fourth-order valence-electron chi connectivity index (χ4n) is 3.45. The van der Waals surface area contributed by atoms with Crippen molar-refractivity contribution in [3.63, 3.8) is 0 Å². The van der Waals surface area contributed by atoms with Crippen LogP contribution in [0.25, 0.3) is 41.6 Å². The predicted octanol–water partition coefficient (Wildman–Crippen LogP) is 8.66. The van der Waals surface area contributed by atoms with Crippen LogP contribution >= 0.6 is 22.7 Å². The smallest absolute Gasteiger partial charge is 0.124 e. The van der Waals surface area contributed by atoms with Gasteiger partial charge in [-0.05, 0) is 72.8 Å². The fraction of sp³-hybridized carbons (Fsp3) is 0. The maximum Gasteiger partial charge on any atom is 0.124 e. The van der Waals surface area contributed by atoms with Crippen molar-refractivity contribution in [2.75, 3.05) is 0 Å². The van der Waals surface area contributed by atoms with Crippen LogP contribution in [0, 0.1) is 0 Å². The van der Waals surface area contributed by atoms with Crippen molar-refractivity contribution in [3.8, 4) is 21.1 Å². The molecule has 0 unspecified atom stereocenters. The molecule has 6 aromatic rings. The molecule has 0 saturated carbocycles. The number of fused-ring (bicyclic) bond motifs is 2. The molecule has 2 heterocycles. The van der Waals surface area contributed by atoms with Gasteiger partial charge in [-0.2, -0.15) is 10.2 Å². The Morgan fingerprint density at radius 2 is 0.875 bits per heavy atom. The van der Waals surface area contributed by atoms with E-state index in [0.717, 1.165) is 43.6 Å². The minimum absolute atomic E-state index is 0.810. The van der Waals surface area contributed by atoms with Crippen molar-refractivity contribution in [1.29, 1.82) is 0 Å². The van der Waals surface area contributed by atoms with Crippen molar-refractivity contribution in [2.45, 2.75) is 0 Å². The van der Waals surface area contributed by atoms with E-state index in [2.05, 4.69) is 22.4 Å². The minimum atomic E-state index is 0.810. The largest absolute Gasteiger partial charge is 0.236 e. The van der Waals surface area contributed by atoms with Crippen LogP contribution < -0.4 is 0 Å². The number of hydrogen-bond acceptors (Lipinski definition) is 6. The molecule has 0 radical (unpaired) electrons. The van der Waals surface area contributed by atoms with E-state index in [9.17, 15) is 0 Å². The molecule has 0 atom stereocenters. The highest BCUT2D eigenvalue weighted by Crippen LogP contribution is 2.33. The molecule has 0 spiro atoms. The highest BCUT2D eigenvalue weighted by atomic mass is 32.1. The van der Waals surface area contributed by atoms with Gasteiger partial charge < -0.3 is 0 Å². The molecule has 6 rings (SSSR count). The van der Waals surface area contributed by atoms with E-state index in [1.54, 1.807) is 22.7 Å². The van der Waals surface area contributed by atoms with Gasteiger partial charge in [0.05, 0.1) is 31.8 Å². The van der Waals surface area contributed by atoms with Gasteiger partial charge in [-0.1, -0.05) is 24.3 Å². The summed E-state index contributed by atoms with van der Waals surface area (Å²) in [6, 6.07) is 32.5. The second-order valence-electron chi connectivity index (χ2n) is 7.27. The summed E-state index contributed by atoms with van der Waals surface area (Å²) in [7, 11) is 0. The van der Waals surface area contributed by atoms with Crippen LogP contribution in [-0.2, 0) is 0 Å². The zero-order valence-electron chi connectivity index (χ0n) is 16.8. The SMILES string of the molecule is c1ccc2sc(-c3ccc(N=Nc4ccc(-c5nc6ccccc6s5)cc4)cc3)nc2c1. The summed E-state index contributed by atoms with van der Waals surface area (Å²) < 4.78 is 2.39. The Morgan fingerprint density at radius 3 is 1.28 bits per heavy atom. The first-order chi connectivity index (χ1) is 15.8. The van der Waals surface area contributed by atoms with Gasteiger partial charge in [0, 0.05) is 11.1 Å². The summed E-state index contributed by atoms with van der Waals surface area (Å²) in [5, 5.41) is 10.8. The monoisotopic (exact) mass is 448 g/mol. The molecule has 32 heavy (non-hydrogen) atoms. The molecule has 4 nitrogen and oxygen atoms in total. The van der Waals surface area contributed by atoms with Crippen molar-refractivity contribution >= 4 is 54.5 Å². The summed E-state index contributed by atoms with van der Waals surface area (Å²) in [5.41, 5.74) is 5.86. The van der Waals surface area contributed by atoms with Crippen LogP contribution in [0.15, 0.2) is 107 Å². The summed E-state index contributed by atoms with van der Waals surface area (Å²) in [5.74, 6) is 0. The molecule has 0 aliphatic rings. The van der Waals surface area contributed by atoms with Gasteiger partial charge in [-0.3, -0.25) is 0 Å². The highest BCUT2D eigenvalue weighted by Gasteiger charge is 2.07. The predicted molar refractivity (Wildman–Crippen MR) is 134 cm³/mol. The lowest BCUT2D eigenvalue weighted by Crippen LogP contribution is -1.75. The third-order valence-electron chi connectivity index (χ3n) is 5.10. The number of thiazole rings is 2. The van der Waals surface area contributed by atoms with Crippen LogP contribution in [0.4, 0.5) is 11.4 Å². The Labute approximate surface area is 192 Å². The number of rotatable bonds is 4. The van der Waals surface area contributed by atoms with Crippen molar-refractivity contribution in [1.82, 2.24) is 9.97 Å². The second-order valence-corrected chi connectivity index (χ2v) is 9.33. The van der Waals surface area contributed by atoms with E-state index >= 15 is 0 Å². The second kappa shape index (κ2) is 8.07. The van der Waals surface area contributed by atoms with Gasteiger partial charge in [-0.25, -0.2) is 9.97 Å². The third-order valence-corrected chi connectivity index (χ3v) is 7.27. The van der Waals surface area contributed by atoms with Gasteiger partial charge in [0.25, 0.3) is 0 Å². The Morgan fingerprint density at radius 1 is 0.469 bits per heavy atom. The molecule has 2 aromatic heterocycles. The lowest BCUT2D eigenvalue weighted by Gasteiger charge is -1.98. The summed E-state index contributed by atoms with van der Waals surface area (Å²) in [6.45, 7) is 0. The number of nitrogens with zero attached hydrogens (tertiary/aromatic N) is 4. The highest BCUT2D eigenvalue weighted by molar-refractivity contribution is 7.22. The molecular weight excluding hydrogens is 432 g/mol. The molecule has 0 aliphatic carbocycles. The number of para-hydroxylation sites is 2. The molecule has 4 aromatic carbocycles. The zero-order chi connectivity index (χ0) is 21.3. The first-order valence-corrected chi connectivity index (χ1v) is 11.8. The van der Waals surface area contributed by atoms with E-state index in [1.807, 2.05) is 84.9 Å². The van der Waals surface area contributed by atoms with Gasteiger partial charge in [0.1, 0.15) is 10.0 Å². The number of azo groups is 1. The van der Waals surface area contributed by atoms with E-state index in [0.29, 0.717) is 0 Å². The van der Waals surface area contributed by atoms with Gasteiger partial charge >= 0.3 is 0 Å². The number of hydrogen-bond donors (Lipinski definition) is 0. The number of benzene rings is 4. The minimum Gasteiger partial charge on any atom is -0.236 e. The maximum absolute atomic E-state index is 4.71. The van der Waals surface area contributed by atoms with Crippen molar-refractivity contribution in [2.24, 2.45) is 10.2 Å². The molecule has 0 aliphatic heterocycles. The molecular formula is C26H16N4S2. The van der Waals surface area contributed by atoms with Crippen LogP contribution in [0.5, 0.6) is 0 Å². The molecule has 0 N–H and O–H groups in total. The first kappa shape index (κ1) is 19.0. The molecule has 6 heteroatoms. The van der Waals surface area contributed by atoms with Crippen molar-refractivity contribution in [3.05, 3.63) is 97.1 Å². The van der Waals surface area contributed by atoms with E-state index < -0.39 is 0 Å². The average molecular weight is 449 g/mol. The Balaban J connectivity index is 1.19. The normalized spacial score (nSPS) is 11.6. The van der Waals surface area contributed by atoms with E-state index in [-0.39, 0.29) is 0 Å². The van der Waals surface area contributed by atoms with E-state index in [1.165, 1.54) is 9.40 Å². The average Bonchev–Trinajstić information content (AvgIpc) is 3.48. The van der Waals surface area contributed by atoms with Crippen LogP contribution in [0.3, 0.4) is 0 Å². The quantitative estimate of drug-likeness (QED) is 0.253. The molecule has 0 saturated heterocycles. The van der Waals surface area contributed by atoms with Crippen LogP contribution in [-0.4, -0.2) is 9.97 Å². The zero-order valence-corrected chi connectivity index (χ0v) is 18.5. The summed E-state index contributed by atoms with van der Waals surface area (Å²) in [6.07, 6.45) is 0. The van der Waals surface area contributed by atoms with Crippen LogP contribution in [0.2, 0.25) is 0 Å². The van der Waals surface area contributed by atoms with Gasteiger partial charge in [0.15, 0.2) is 0 Å². The Bertz CT molecular complexity index is 1380. The molecule has 0 amide bonds. The Hall–Kier alpha value is -3.74. The lowest BCUT2D eigenvalue weighted by molar-refractivity contribution is 1.23. The third kappa shape index (κ3) is 3.70. The standard InChI is InChI=1S/C26H16N4S2/c1-3-7-23-21(5-1)27-25(31-23)17-9-13-19(14-10-17)29-30-20-15-11-18(12-16-20)26-28-22-6-2-4-8-24(22)32-26/h1-16H. The number of aromatic nitrogens is 2. The van der Waals surface area contributed by atoms with Gasteiger partial charge in [-0.15, -0.1) is 22.7 Å². The molecule has 0 bridgehead atoms. The van der Waals surface area contributed by atoms with E-state index in [4.69, 9.17) is 9.97 Å². The summed E-state index contributed by atoms with van der Waals surface area (Å²) >= 11 is 3.40. The Kier molecular flexibility index (Phi) is 4.79. The fourth-order valence-corrected chi connectivity index (χ4v) is 5.39. The van der Waals surface area contributed by atoms with Gasteiger partial charge in [0.2, 0.25) is 0 Å². The topological polar surface area (TPSA) is 50.5 Å².